The molecular weight excluding hydrogens is 490 g/mol. The van der Waals surface area contributed by atoms with Crippen molar-refractivity contribution in [3.8, 4) is 0 Å². The van der Waals surface area contributed by atoms with Gasteiger partial charge >= 0.3 is 0 Å². The zero-order valence-corrected chi connectivity index (χ0v) is 19.1. The second kappa shape index (κ2) is 12.0. The molecule has 0 aliphatic carbocycles. The number of nitrogens with zero attached hydrogens (tertiary/aromatic N) is 4. The standard InChI is InChI=1S/C19H27FN6O2.HI/c1-14-24-18(28-25-14)7-8-22-19(21-2)23-13-17(26-9-11-27-12-10-26)15-3-5-16(20)6-4-15;/h3-6,17H,7-13H2,1-2H3,(H2,21,22,23);1H. The van der Waals surface area contributed by atoms with Crippen LogP contribution < -0.4 is 10.6 Å². The van der Waals surface area contributed by atoms with Gasteiger partial charge in [-0.05, 0) is 24.6 Å². The molecule has 0 spiro atoms. The molecule has 1 fully saturated rings. The number of aryl methyl sites for hydroxylation is 1. The minimum Gasteiger partial charge on any atom is -0.379 e. The number of benzene rings is 1. The van der Waals surface area contributed by atoms with Crippen LogP contribution in [0.15, 0.2) is 33.8 Å². The Morgan fingerprint density at radius 1 is 1.24 bits per heavy atom. The number of aliphatic imine (C=N–C) groups is 1. The molecule has 0 amide bonds. The highest BCUT2D eigenvalue weighted by molar-refractivity contribution is 14.0. The fourth-order valence-electron chi connectivity index (χ4n) is 3.18. The molecule has 0 saturated carbocycles. The van der Waals surface area contributed by atoms with Gasteiger partial charge in [0.2, 0.25) is 5.89 Å². The van der Waals surface area contributed by atoms with Crippen molar-refractivity contribution in [2.24, 2.45) is 4.99 Å². The molecular formula is C19H28FIN6O2. The van der Waals surface area contributed by atoms with E-state index in [4.69, 9.17) is 9.26 Å². The van der Waals surface area contributed by atoms with Crippen molar-refractivity contribution in [1.82, 2.24) is 25.7 Å². The first kappa shape index (κ1) is 23.5. The van der Waals surface area contributed by atoms with Crippen LogP contribution in [0, 0.1) is 12.7 Å². The summed E-state index contributed by atoms with van der Waals surface area (Å²) in [7, 11) is 1.73. The Kier molecular flexibility index (Phi) is 9.74. The van der Waals surface area contributed by atoms with Gasteiger partial charge in [-0.25, -0.2) is 4.39 Å². The van der Waals surface area contributed by atoms with E-state index in [1.165, 1.54) is 12.1 Å². The Balaban J connectivity index is 0.00000300. The molecule has 10 heteroatoms. The smallest absolute Gasteiger partial charge is 0.228 e. The van der Waals surface area contributed by atoms with Gasteiger partial charge in [-0.1, -0.05) is 17.3 Å². The number of aromatic nitrogens is 2. The zero-order chi connectivity index (χ0) is 19.8. The molecule has 8 nitrogen and oxygen atoms in total. The summed E-state index contributed by atoms with van der Waals surface area (Å²) in [4.78, 5) is 10.8. The summed E-state index contributed by atoms with van der Waals surface area (Å²) in [6, 6.07) is 6.78. The lowest BCUT2D eigenvalue weighted by Crippen LogP contribution is -2.46. The van der Waals surface area contributed by atoms with Crippen molar-refractivity contribution in [3.63, 3.8) is 0 Å². The van der Waals surface area contributed by atoms with Gasteiger partial charge in [0.15, 0.2) is 11.8 Å². The molecule has 1 aromatic carbocycles. The van der Waals surface area contributed by atoms with Crippen LogP contribution in [0.5, 0.6) is 0 Å². The van der Waals surface area contributed by atoms with Crippen molar-refractivity contribution >= 4 is 29.9 Å². The predicted octanol–water partition coefficient (Wildman–Crippen LogP) is 1.92. The van der Waals surface area contributed by atoms with Crippen LogP contribution in [0.4, 0.5) is 4.39 Å². The van der Waals surface area contributed by atoms with Crippen LogP contribution in [-0.2, 0) is 11.2 Å². The van der Waals surface area contributed by atoms with E-state index >= 15 is 0 Å². The summed E-state index contributed by atoms with van der Waals surface area (Å²) in [5, 5.41) is 10.4. The lowest BCUT2D eigenvalue weighted by molar-refractivity contribution is 0.0170. The Morgan fingerprint density at radius 2 is 1.97 bits per heavy atom. The highest BCUT2D eigenvalue weighted by Crippen LogP contribution is 2.21. The monoisotopic (exact) mass is 518 g/mol. The van der Waals surface area contributed by atoms with Gasteiger partial charge < -0.3 is 19.9 Å². The van der Waals surface area contributed by atoms with Gasteiger partial charge in [0.1, 0.15) is 5.82 Å². The third kappa shape index (κ3) is 7.19. The van der Waals surface area contributed by atoms with E-state index in [1.807, 2.05) is 12.1 Å². The number of guanidine groups is 1. The summed E-state index contributed by atoms with van der Waals surface area (Å²) in [6.45, 7) is 6.15. The maximum atomic E-state index is 13.3. The highest BCUT2D eigenvalue weighted by Gasteiger charge is 2.23. The molecule has 1 saturated heterocycles. The SMILES string of the molecule is CN=C(NCCc1nc(C)no1)NCC(c1ccc(F)cc1)N1CCOCC1.I. The molecule has 160 valence electrons. The lowest BCUT2D eigenvalue weighted by Gasteiger charge is -2.35. The van der Waals surface area contributed by atoms with E-state index < -0.39 is 0 Å². The van der Waals surface area contributed by atoms with Crippen molar-refractivity contribution in [1.29, 1.82) is 0 Å². The van der Waals surface area contributed by atoms with Crippen molar-refractivity contribution in [3.05, 3.63) is 47.4 Å². The number of halogens is 2. The number of nitrogens with one attached hydrogen (secondary N) is 2. The van der Waals surface area contributed by atoms with Crippen molar-refractivity contribution in [2.75, 3.05) is 46.4 Å². The van der Waals surface area contributed by atoms with Crippen LogP contribution in [0.25, 0.3) is 0 Å². The Morgan fingerprint density at radius 3 is 2.59 bits per heavy atom. The second-order valence-electron chi connectivity index (χ2n) is 6.58. The van der Waals surface area contributed by atoms with Crippen LogP contribution in [0.2, 0.25) is 0 Å². The number of rotatable bonds is 7. The Labute approximate surface area is 187 Å². The number of ether oxygens (including phenoxy) is 1. The summed E-state index contributed by atoms with van der Waals surface area (Å²) in [6.07, 6.45) is 0.617. The first-order valence-electron chi connectivity index (χ1n) is 9.46. The molecule has 1 unspecified atom stereocenters. The minimum atomic E-state index is -0.230. The van der Waals surface area contributed by atoms with Crippen molar-refractivity contribution in [2.45, 2.75) is 19.4 Å². The van der Waals surface area contributed by atoms with E-state index in [1.54, 1.807) is 14.0 Å². The van der Waals surface area contributed by atoms with Gasteiger partial charge in [-0.15, -0.1) is 24.0 Å². The summed E-state index contributed by atoms with van der Waals surface area (Å²) in [5.41, 5.74) is 1.06. The van der Waals surface area contributed by atoms with Crippen LogP contribution >= 0.6 is 24.0 Å². The van der Waals surface area contributed by atoms with Gasteiger partial charge in [0.25, 0.3) is 0 Å². The maximum absolute atomic E-state index is 13.3. The van der Waals surface area contributed by atoms with E-state index in [0.717, 1.165) is 18.7 Å². The summed E-state index contributed by atoms with van der Waals surface area (Å²) < 4.78 is 23.9. The Hall–Kier alpha value is -1.79. The first-order chi connectivity index (χ1) is 13.7. The van der Waals surface area contributed by atoms with Gasteiger partial charge in [0.05, 0.1) is 19.3 Å². The minimum absolute atomic E-state index is 0. The summed E-state index contributed by atoms with van der Waals surface area (Å²) >= 11 is 0. The van der Waals surface area contributed by atoms with E-state index in [2.05, 4.69) is 30.7 Å². The molecule has 2 aromatic rings. The number of hydrogen-bond acceptors (Lipinski definition) is 6. The van der Waals surface area contributed by atoms with E-state index in [0.29, 0.717) is 50.4 Å². The fourth-order valence-corrected chi connectivity index (χ4v) is 3.18. The number of hydrogen-bond donors (Lipinski definition) is 2. The molecule has 1 aliphatic rings. The van der Waals surface area contributed by atoms with Crippen molar-refractivity contribution < 1.29 is 13.7 Å². The molecule has 0 bridgehead atoms. The lowest BCUT2D eigenvalue weighted by atomic mass is 10.0. The molecule has 0 radical (unpaired) electrons. The van der Waals surface area contributed by atoms with Crippen LogP contribution in [-0.4, -0.2) is 67.4 Å². The molecule has 2 heterocycles. The molecule has 1 atom stereocenters. The second-order valence-corrected chi connectivity index (χ2v) is 6.58. The highest BCUT2D eigenvalue weighted by atomic mass is 127. The van der Waals surface area contributed by atoms with Gasteiger partial charge in [0, 0.05) is 39.6 Å². The Bertz CT molecular complexity index is 764. The fraction of sp³-hybridized carbons (Fsp3) is 0.526. The molecule has 1 aliphatic heterocycles. The van der Waals surface area contributed by atoms with Gasteiger partial charge in [-0.3, -0.25) is 9.89 Å². The normalized spacial score (nSPS) is 16.2. The third-order valence-electron chi connectivity index (χ3n) is 4.63. The molecule has 1 aromatic heterocycles. The first-order valence-corrected chi connectivity index (χ1v) is 9.46. The van der Waals surface area contributed by atoms with E-state index in [9.17, 15) is 4.39 Å². The van der Waals surface area contributed by atoms with E-state index in [-0.39, 0.29) is 35.8 Å². The van der Waals surface area contributed by atoms with Crippen LogP contribution in [0.1, 0.15) is 23.3 Å². The molecule has 3 rings (SSSR count). The van der Waals surface area contributed by atoms with Gasteiger partial charge in [-0.2, -0.15) is 4.98 Å². The predicted molar refractivity (Wildman–Crippen MR) is 119 cm³/mol. The maximum Gasteiger partial charge on any atom is 0.228 e. The summed E-state index contributed by atoms with van der Waals surface area (Å²) in [5.74, 6) is 1.69. The zero-order valence-electron chi connectivity index (χ0n) is 16.7. The topological polar surface area (TPSA) is 87.8 Å². The average Bonchev–Trinajstić information content (AvgIpc) is 3.14. The average molecular weight is 518 g/mol. The molecule has 2 N–H and O–H groups in total. The quantitative estimate of drug-likeness (QED) is 0.329. The third-order valence-corrected chi connectivity index (χ3v) is 4.63. The number of morpholine rings is 1. The molecule has 29 heavy (non-hydrogen) atoms. The largest absolute Gasteiger partial charge is 0.379 e. The van der Waals surface area contributed by atoms with Crippen LogP contribution in [0.3, 0.4) is 0 Å².